The number of aryl methyl sites for hydroxylation is 1. The molecule has 0 radical (unpaired) electrons. The molecule has 4 N–H and O–H groups in total. The summed E-state index contributed by atoms with van der Waals surface area (Å²) >= 11 is 0. The summed E-state index contributed by atoms with van der Waals surface area (Å²) in [5.74, 6) is 0.119. The van der Waals surface area contributed by atoms with Crippen LogP contribution in [-0.2, 0) is 11.2 Å². The first-order chi connectivity index (χ1) is 13.0. The Kier molecular flexibility index (Phi) is 6.28. The van der Waals surface area contributed by atoms with Crippen LogP contribution in [0.5, 0.6) is 0 Å². The number of carboxylic acid groups (broad SMARTS) is 1. The van der Waals surface area contributed by atoms with Crippen LogP contribution in [0.1, 0.15) is 32.0 Å². The molecule has 0 aliphatic heterocycles. The number of urea groups is 1. The van der Waals surface area contributed by atoms with Crippen LogP contribution >= 0.6 is 0 Å². The van der Waals surface area contributed by atoms with E-state index in [9.17, 15) is 9.59 Å². The smallest absolute Gasteiger partial charge is 0.317 e. The van der Waals surface area contributed by atoms with Crippen molar-refractivity contribution in [2.45, 2.75) is 44.7 Å². The van der Waals surface area contributed by atoms with Crippen molar-refractivity contribution in [1.29, 1.82) is 0 Å². The second-order valence-electron chi connectivity index (χ2n) is 6.98. The highest BCUT2D eigenvalue weighted by Crippen LogP contribution is 2.25. The van der Waals surface area contributed by atoms with Crippen LogP contribution in [0.4, 0.5) is 4.79 Å². The predicted octanol–water partition coefficient (Wildman–Crippen LogP) is 1.73. The standard InChI is InChI=1S/C19H27N5O3/c1-2-24(12-18(25)26)14-10-13(11-14)21-19(27)20-9-5-8-17-22-15-6-3-4-7-16(15)23-17/h3-4,6-7,13-14H,2,5,8-12H2,1H3,(H,22,23)(H,25,26)(H2,20,21,27). The summed E-state index contributed by atoms with van der Waals surface area (Å²) in [6, 6.07) is 8.11. The fourth-order valence-electron chi connectivity index (χ4n) is 3.49. The van der Waals surface area contributed by atoms with Crippen molar-refractivity contribution in [2.24, 2.45) is 0 Å². The van der Waals surface area contributed by atoms with E-state index in [0.717, 1.165) is 42.5 Å². The van der Waals surface area contributed by atoms with E-state index in [-0.39, 0.29) is 24.7 Å². The molecule has 0 atom stereocenters. The molecule has 1 aromatic heterocycles. The molecule has 8 nitrogen and oxygen atoms in total. The average molecular weight is 373 g/mol. The van der Waals surface area contributed by atoms with Gasteiger partial charge < -0.3 is 20.7 Å². The van der Waals surface area contributed by atoms with Gasteiger partial charge in [-0.3, -0.25) is 9.69 Å². The average Bonchev–Trinajstić information content (AvgIpc) is 3.02. The third-order valence-corrected chi connectivity index (χ3v) is 5.02. The molecule has 8 heteroatoms. The monoisotopic (exact) mass is 373 g/mol. The Balaban J connectivity index is 1.31. The molecule has 1 heterocycles. The molecule has 1 aliphatic carbocycles. The summed E-state index contributed by atoms with van der Waals surface area (Å²) in [5, 5.41) is 14.7. The number of nitrogens with zero attached hydrogens (tertiary/aromatic N) is 2. The van der Waals surface area contributed by atoms with E-state index in [1.165, 1.54) is 0 Å². The molecule has 3 rings (SSSR count). The minimum Gasteiger partial charge on any atom is -0.480 e. The molecule has 27 heavy (non-hydrogen) atoms. The van der Waals surface area contributed by atoms with Crippen LogP contribution in [0, 0.1) is 0 Å². The van der Waals surface area contributed by atoms with Crippen molar-refractivity contribution in [2.75, 3.05) is 19.6 Å². The van der Waals surface area contributed by atoms with Gasteiger partial charge >= 0.3 is 12.0 Å². The maximum absolute atomic E-state index is 12.0. The molecule has 1 aromatic carbocycles. The van der Waals surface area contributed by atoms with Crippen molar-refractivity contribution >= 4 is 23.0 Å². The van der Waals surface area contributed by atoms with Crippen molar-refractivity contribution in [3.05, 3.63) is 30.1 Å². The molecule has 2 aromatic rings. The fourth-order valence-corrected chi connectivity index (χ4v) is 3.49. The van der Waals surface area contributed by atoms with Crippen LogP contribution < -0.4 is 10.6 Å². The minimum absolute atomic E-state index is 0.0574. The highest BCUT2D eigenvalue weighted by atomic mass is 16.4. The van der Waals surface area contributed by atoms with Gasteiger partial charge in [0, 0.05) is 25.0 Å². The number of hydrogen-bond donors (Lipinski definition) is 4. The van der Waals surface area contributed by atoms with Gasteiger partial charge in [0.05, 0.1) is 17.6 Å². The summed E-state index contributed by atoms with van der Waals surface area (Å²) in [6.45, 7) is 3.30. The first-order valence-electron chi connectivity index (χ1n) is 9.49. The Bertz CT molecular complexity index is 751. The number of rotatable bonds is 9. The predicted molar refractivity (Wildman–Crippen MR) is 103 cm³/mol. The minimum atomic E-state index is -0.810. The number of carboxylic acids is 1. The number of aromatic amines is 1. The lowest BCUT2D eigenvalue weighted by atomic mass is 9.85. The third-order valence-electron chi connectivity index (χ3n) is 5.02. The van der Waals surface area contributed by atoms with Crippen LogP contribution in [0.15, 0.2) is 24.3 Å². The van der Waals surface area contributed by atoms with E-state index in [4.69, 9.17) is 5.11 Å². The number of nitrogens with one attached hydrogen (secondary N) is 3. The number of fused-ring (bicyclic) bond motifs is 1. The van der Waals surface area contributed by atoms with Gasteiger partial charge in [-0.25, -0.2) is 9.78 Å². The van der Waals surface area contributed by atoms with Crippen LogP contribution in [0.3, 0.4) is 0 Å². The normalized spacial score (nSPS) is 19.0. The number of imidazole rings is 1. The molecule has 0 spiro atoms. The Morgan fingerprint density at radius 3 is 2.81 bits per heavy atom. The van der Waals surface area contributed by atoms with Gasteiger partial charge in [0.15, 0.2) is 0 Å². The number of carbonyl (C=O) groups is 2. The number of H-pyrrole nitrogens is 1. The lowest BCUT2D eigenvalue weighted by Gasteiger charge is -2.42. The zero-order valence-electron chi connectivity index (χ0n) is 15.6. The number of aromatic nitrogens is 2. The Morgan fingerprint density at radius 2 is 2.11 bits per heavy atom. The van der Waals surface area contributed by atoms with Gasteiger partial charge in [-0.2, -0.15) is 0 Å². The van der Waals surface area contributed by atoms with Gasteiger partial charge in [-0.1, -0.05) is 19.1 Å². The highest BCUT2D eigenvalue weighted by Gasteiger charge is 2.34. The van der Waals surface area contributed by atoms with E-state index in [1.54, 1.807) is 0 Å². The maximum Gasteiger partial charge on any atom is 0.317 e. The zero-order valence-corrected chi connectivity index (χ0v) is 15.6. The molecule has 0 saturated heterocycles. The molecular formula is C19H27N5O3. The topological polar surface area (TPSA) is 110 Å². The van der Waals surface area contributed by atoms with Gasteiger partial charge in [0.1, 0.15) is 5.82 Å². The number of hydrogen-bond acceptors (Lipinski definition) is 4. The van der Waals surface area contributed by atoms with E-state index >= 15 is 0 Å². The maximum atomic E-state index is 12.0. The van der Waals surface area contributed by atoms with Crippen LogP contribution in [-0.4, -0.2) is 63.7 Å². The Hall–Kier alpha value is -2.61. The van der Waals surface area contributed by atoms with Gasteiger partial charge in [-0.15, -0.1) is 0 Å². The largest absolute Gasteiger partial charge is 0.480 e. The SMILES string of the molecule is CCN(CC(=O)O)C1CC(NC(=O)NCCCc2nc3ccccc3[nH]2)C1. The number of amides is 2. The number of aliphatic carboxylic acids is 1. The number of benzene rings is 1. The second-order valence-corrected chi connectivity index (χ2v) is 6.98. The van der Waals surface area contributed by atoms with Crippen molar-refractivity contribution in [1.82, 2.24) is 25.5 Å². The summed E-state index contributed by atoms with van der Waals surface area (Å²) in [5.41, 5.74) is 1.99. The molecule has 146 valence electrons. The molecule has 2 amide bonds. The molecular weight excluding hydrogens is 346 g/mol. The van der Waals surface area contributed by atoms with Crippen molar-refractivity contribution in [3.8, 4) is 0 Å². The number of likely N-dealkylation sites (N-methyl/N-ethyl adjacent to an activating group) is 1. The van der Waals surface area contributed by atoms with Crippen LogP contribution in [0.2, 0.25) is 0 Å². The van der Waals surface area contributed by atoms with E-state index < -0.39 is 5.97 Å². The summed E-state index contributed by atoms with van der Waals surface area (Å²) < 4.78 is 0. The Labute approximate surface area is 158 Å². The van der Waals surface area contributed by atoms with Gasteiger partial charge in [0.25, 0.3) is 0 Å². The second kappa shape index (κ2) is 8.85. The summed E-state index contributed by atoms with van der Waals surface area (Å²) in [7, 11) is 0. The fraction of sp³-hybridized carbons (Fsp3) is 0.526. The molecule has 1 aliphatic rings. The molecule has 0 bridgehead atoms. The summed E-state index contributed by atoms with van der Waals surface area (Å²) in [6.07, 6.45) is 3.19. The number of carbonyl (C=O) groups excluding carboxylic acids is 1. The lowest BCUT2D eigenvalue weighted by Crippen LogP contribution is -2.56. The first-order valence-corrected chi connectivity index (χ1v) is 9.49. The molecule has 0 unspecified atom stereocenters. The van der Waals surface area contributed by atoms with Gasteiger partial charge in [-0.05, 0) is 37.9 Å². The van der Waals surface area contributed by atoms with E-state index in [1.807, 2.05) is 36.1 Å². The summed E-state index contributed by atoms with van der Waals surface area (Å²) in [4.78, 5) is 32.6. The molecule has 1 saturated carbocycles. The number of para-hydroxylation sites is 2. The quantitative estimate of drug-likeness (QED) is 0.501. The lowest BCUT2D eigenvalue weighted by molar-refractivity contribution is -0.139. The van der Waals surface area contributed by atoms with E-state index in [2.05, 4.69) is 20.6 Å². The van der Waals surface area contributed by atoms with E-state index in [0.29, 0.717) is 13.1 Å². The zero-order chi connectivity index (χ0) is 19.2. The first kappa shape index (κ1) is 19.2. The van der Waals surface area contributed by atoms with Gasteiger partial charge in [0.2, 0.25) is 0 Å². The highest BCUT2D eigenvalue weighted by molar-refractivity contribution is 5.75. The van der Waals surface area contributed by atoms with Crippen molar-refractivity contribution < 1.29 is 14.7 Å². The van der Waals surface area contributed by atoms with Crippen LogP contribution in [0.25, 0.3) is 11.0 Å². The van der Waals surface area contributed by atoms with Crippen molar-refractivity contribution in [3.63, 3.8) is 0 Å². The third kappa shape index (κ3) is 5.19. The molecule has 1 fully saturated rings. The Morgan fingerprint density at radius 1 is 1.33 bits per heavy atom.